The lowest BCUT2D eigenvalue weighted by Gasteiger charge is -2.17. The first-order valence-electron chi connectivity index (χ1n) is 4.72. The fraction of sp³-hybridized carbons (Fsp3) is 0.400. The Morgan fingerprint density at radius 1 is 1.80 bits per heavy atom. The summed E-state index contributed by atoms with van der Waals surface area (Å²) in [6.07, 6.45) is 6.04. The topological polar surface area (TPSA) is 75.0 Å². The standard InChI is InChI=1S/C10H14N4O/c1-3-5-14(6-4-2)10(15)8-7-9(11)13-12-8/h1,7H,4-6H2,2H3,(H3,11,12,13). The predicted octanol–water partition coefficient (Wildman–Crippen LogP) is 0.477. The van der Waals surface area contributed by atoms with Gasteiger partial charge in [0.25, 0.3) is 5.91 Å². The molecule has 5 nitrogen and oxygen atoms in total. The van der Waals surface area contributed by atoms with E-state index in [9.17, 15) is 4.79 Å². The van der Waals surface area contributed by atoms with Gasteiger partial charge in [0.05, 0.1) is 6.54 Å². The molecule has 5 heteroatoms. The molecule has 3 N–H and O–H groups in total. The first-order chi connectivity index (χ1) is 7.19. The maximum atomic E-state index is 11.8. The molecule has 0 fully saturated rings. The van der Waals surface area contributed by atoms with E-state index in [1.807, 2.05) is 6.92 Å². The van der Waals surface area contributed by atoms with Gasteiger partial charge in [-0.3, -0.25) is 9.89 Å². The summed E-state index contributed by atoms with van der Waals surface area (Å²) < 4.78 is 0. The molecule has 0 spiro atoms. The number of aromatic amines is 1. The molecule has 0 aromatic carbocycles. The van der Waals surface area contributed by atoms with E-state index in [0.717, 1.165) is 6.42 Å². The second-order valence-corrected chi connectivity index (χ2v) is 3.14. The van der Waals surface area contributed by atoms with E-state index in [4.69, 9.17) is 12.2 Å². The number of nitrogens with zero attached hydrogens (tertiary/aromatic N) is 2. The average Bonchev–Trinajstić information content (AvgIpc) is 2.63. The Morgan fingerprint density at radius 2 is 2.53 bits per heavy atom. The molecule has 0 aliphatic rings. The molecule has 1 amide bonds. The van der Waals surface area contributed by atoms with Gasteiger partial charge in [-0.2, -0.15) is 5.10 Å². The summed E-state index contributed by atoms with van der Waals surface area (Å²) in [6, 6.07) is 1.50. The smallest absolute Gasteiger partial charge is 0.272 e. The van der Waals surface area contributed by atoms with Crippen molar-refractivity contribution in [3.8, 4) is 12.3 Å². The van der Waals surface area contributed by atoms with Crippen molar-refractivity contribution in [1.29, 1.82) is 0 Å². The quantitative estimate of drug-likeness (QED) is 0.703. The van der Waals surface area contributed by atoms with E-state index in [1.54, 1.807) is 4.90 Å². The summed E-state index contributed by atoms with van der Waals surface area (Å²) in [4.78, 5) is 13.4. The molecule has 0 saturated carbocycles. The van der Waals surface area contributed by atoms with Gasteiger partial charge in [0, 0.05) is 12.6 Å². The predicted molar refractivity (Wildman–Crippen MR) is 58.0 cm³/mol. The van der Waals surface area contributed by atoms with Crippen LogP contribution in [0.3, 0.4) is 0 Å². The molecule has 1 rings (SSSR count). The lowest BCUT2D eigenvalue weighted by Crippen LogP contribution is -2.32. The molecule has 0 radical (unpaired) electrons. The minimum Gasteiger partial charge on any atom is -0.382 e. The van der Waals surface area contributed by atoms with Crippen LogP contribution < -0.4 is 5.73 Å². The second kappa shape index (κ2) is 5.05. The Morgan fingerprint density at radius 3 is 3.00 bits per heavy atom. The zero-order chi connectivity index (χ0) is 11.3. The number of carbonyl (C=O) groups is 1. The number of nitrogens with one attached hydrogen (secondary N) is 1. The molecule has 0 unspecified atom stereocenters. The highest BCUT2D eigenvalue weighted by Gasteiger charge is 2.15. The van der Waals surface area contributed by atoms with Crippen molar-refractivity contribution in [2.45, 2.75) is 13.3 Å². The number of terminal acetylenes is 1. The molecule has 0 bridgehead atoms. The number of anilines is 1. The van der Waals surface area contributed by atoms with E-state index in [-0.39, 0.29) is 5.91 Å². The van der Waals surface area contributed by atoms with Crippen molar-refractivity contribution in [1.82, 2.24) is 15.1 Å². The normalized spacial score (nSPS) is 9.60. The van der Waals surface area contributed by atoms with Crippen molar-refractivity contribution in [2.24, 2.45) is 0 Å². The van der Waals surface area contributed by atoms with E-state index in [2.05, 4.69) is 16.1 Å². The summed E-state index contributed by atoms with van der Waals surface area (Å²) >= 11 is 0. The van der Waals surface area contributed by atoms with Gasteiger partial charge in [0.1, 0.15) is 11.5 Å². The summed E-state index contributed by atoms with van der Waals surface area (Å²) in [5.74, 6) is 2.58. The molecule has 0 aliphatic carbocycles. The lowest BCUT2D eigenvalue weighted by atomic mass is 10.3. The molecule has 1 aromatic rings. The molecule has 80 valence electrons. The van der Waals surface area contributed by atoms with E-state index in [0.29, 0.717) is 24.6 Å². The number of carbonyl (C=O) groups excluding carboxylic acids is 1. The third-order valence-corrected chi connectivity index (χ3v) is 1.89. The highest BCUT2D eigenvalue weighted by molar-refractivity contribution is 5.93. The van der Waals surface area contributed by atoms with E-state index < -0.39 is 0 Å². The fourth-order valence-corrected chi connectivity index (χ4v) is 1.25. The summed E-state index contributed by atoms with van der Waals surface area (Å²) in [7, 11) is 0. The van der Waals surface area contributed by atoms with Gasteiger partial charge in [-0.15, -0.1) is 6.42 Å². The zero-order valence-corrected chi connectivity index (χ0v) is 8.66. The van der Waals surface area contributed by atoms with Crippen molar-refractivity contribution >= 4 is 11.7 Å². The summed E-state index contributed by atoms with van der Waals surface area (Å²) in [6.45, 7) is 2.91. The van der Waals surface area contributed by atoms with Gasteiger partial charge in [0.15, 0.2) is 0 Å². The van der Waals surface area contributed by atoms with E-state index >= 15 is 0 Å². The number of amides is 1. The van der Waals surface area contributed by atoms with Crippen LogP contribution in [0.4, 0.5) is 5.82 Å². The highest BCUT2D eigenvalue weighted by atomic mass is 16.2. The van der Waals surface area contributed by atoms with Gasteiger partial charge in [-0.05, 0) is 6.42 Å². The van der Waals surface area contributed by atoms with Crippen molar-refractivity contribution in [3.63, 3.8) is 0 Å². The number of hydrogen-bond donors (Lipinski definition) is 2. The Labute approximate surface area is 88.6 Å². The number of H-pyrrole nitrogens is 1. The number of hydrogen-bond acceptors (Lipinski definition) is 3. The monoisotopic (exact) mass is 206 g/mol. The Balaban J connectivity index is 2.76. The van der Waals surface area contributed by atoms with Gasteiger partial charge < -0.3 is 10.6 Å². The fourth-order valence-electron chi connectivity index (χ4n) is 1.25. The zero-order valence-electron chi connectivity index (χ0n) is 8.66. The van der Waals surface area contributed by atoms with Crippen LogP contribution in [0, 0.1) is 12.3 Å². The van der Waals surface area contributed by atoms with Crippen LogP contribution in [-0.2, 0) is 0 Å². The van der Waals surface area contributed by atoms with Crippen LogP contribution in [0.15, 0.2) is 6.07 Å². The molecule has 0 atom stereocenters. The molecule has 1 aromatic heterocycles. The minimum atomic E-state index is -0.168. The Kier molecular flexibility index (Phi) is 3.75. The molecular weight excluding hydrogens is 192 g/mol. The van der Waals surface area contributed by atoms with E-state index in [1.165, 1.54) is 6.07 Å². The largest absolute Gasteiger partial charge is 0.382 e. The van der Waals surface area contributed by atoms with Crippen molar-refractivity contribution in [3.05, 3.63) is 11.8 Å². The maximum absolute atomic E-state index is 11.8. The molecule has 0 saturated heterocycles. The highest BCUT2D eigenvalue weighted by Crippen LogP contribution is 2.05. The van der Waals surface area contributed by atoms with Crippen LogP contribution in [0.2, 0.25) is 0 Å². The number of aromatic nitrogens is 2. The average molecular weight is 206 g/mol. The van der Waals surface area contributed by atoms with Crippen LogP contribution in [0.25, 0.3) is 0 Å². The third kappa shape index (κ3) is 2.74. The Hall–Kier alpha value is -1.96. The maximum Gasteiger partial charge on any atom is 0.272 e. The van der Waals surface area contributed by atoms with Gasteiger partial charge in [0.2, 0.25) is 0 Å². The summed E-state index contributed by atoms with van der Waals surface area (Å²) in [5.41, 5.74) is 5.78. The second-order valence-electron chi connectivity index (χ2n) is 3.14. The van der Waals surface area contributed by atoms with Gasteiger partial charge in [-0.1, -0.05) is 12.8 Å². The number of rotatable bonds is 4. The van der Waals surface area contributed by atoms with Crippen LogP contribution in [0.1, 0.15) is 23.8 Å². The number of nitrogen functional groups attached to an aromatic ring is 1. The lowest BCUT2D eigenvalue weighted by molar-refractivity contribution is 0.0771. The molecule has 0 aliphatic heterocycles. The summed E-state index contributed by atoms with van der Waals surface area (Å²) in [5, 5.41) is 6.26. The molecule has 15 heavy (non-hydrogen) atoms. The molecule has 1 heterocycles. The third-order valence-electron chi connectivity index (χ3n) is 1.89. The number of nitrogens with two attached hydrogens (primary N) is 1. The van der Waals surface area contributed by atoms with Crippen LogP contribution in [-0.4, -0.2) is 34.1 Å². The van der Waals surface area contributed by atoms with Crippen molar-refractivity contribution in [2.75, 3.05) is 18.8 Å². The SMILES string of the molecule is C#CCN(CCC)C(=O)c1cc(N)n[nH]1. The Bertz CT molecular complexity index is 377. The first kappa shape index (κ1) is 11.1. The first-order valence-corrected chi connectivity index (χ1v) is 4.72. The molecular formula is C10H14N4O. The van der Waals surface area contributed by atoms with Gasteiger partial charge >= 0.3 is 0 Å². The van der Waals surface area contributed by atoms with Gasteiger partial charge in [-0.25, -0.2) is 0 Å². The van der Waals surface area contributed by atoms with Crippen LogP contribution in [0.5, 0.6) is 0 Å². The van der Waals surface area contributed by atoms with Crippen molar-refractivity contribution < 1.29 is 4.79 Å². The van der Waals surface area contributed by atoms with Crippen LogP contribution >= 0.6 is 0 Å². The minimum absolute atomic E-state index is 0.168.